The fraction of sp³-hybridized carbons (Fsp3) is 0.182. The summed E-state index contributed by atoms with van der Waals surface area (Å²) in [5, 5.41) is 10.8. The normalized spacial score (nSPS) is 13.2. The lowest BCUT2D eigenvalue weighted by atomic mass is 10.0. The van der Waals surface area contributed by atoms with E-state index in [0.717, 1.165) is 28.0 Å². The molecule has 4 rings (SSSR count). The van der Waals surface area contributed by atoms with E-state index in [0.29, 0.717) is 19.7 Å². The molecule has 3 aromatic rings. The zero-order valence-corrected chi connectivity index (χ0v) is 15.7. The van der Waals surface area contributed by atoms with Gasteiger partial charge in [0.05, 0.1) is 17.9 Å². The summed E-state index contributed by atoms with van der Waals surface area (Å²) in [6.45, 7) is 1.36. The van der Waals surface area contributed by atoms with Gasteiger partial charge < -0.3 is 9.64 Å². The van der Waals surface area contributed by atoms with Crippen molar-refractivity contribution in [1.82, 2.24) is 9.88 Å². The molecule has 146 valence electrons. The molecule has 1 aliphatic heterocycles. The van der Waals surface area contributed by atoms with Gasteiger partial charge in [0, 0.05) is 42.2 Å². The smallest absolute Gasteiger partial charge is 0.269 e. The summed E-state index contributed by atoms with van der Waals surface area (Å²) in [4.78, 5) is 29.1. The third-order valence-corrected chi connectivity index (χ3v) is 4.89. The first-order valence-electron chi connectivity index (χ1n) is 9.27. The van der Waals surface area contributed by atoms with Gasteiger partial charge in [-0.1, -0.05) is 24.3 Å². The van der Waals surface area contributed by atoms with Crippen LogP contribution in [0.25, 0.3) is 11.1 Å². The Morgan fingerprint density at radius 3 is 2.69 bits per heavy atom. The third-order valence-electron chi connectivity index (χ3n) is 4.89. The monoisotopic (exact) mass is 389 g/mol. The van der Waals surface area contributed by atoms with E-state index in [-0.39, 0.29) is 18.0 Å². The van der Waals surface area contributed by atoms with Gasteiger partial charge in [-0.15, -0.1) is 0 Å². The quantitative estimate of drug-likeness (QED) is 0.502. The van der Waals surface area contributed by atoms with Crippen molar-refractivity contribution in [3.05, 3.63) is 88.2 Å². The zero-order valence-electron chi connectivity index (χ0n) is 15.7. The van der Waals surface area contributed by atoms with E-state index in [1.165, 1.54) is 12.1 Å². The molecule has 1 aliphatic rings. The molecule has 0 unspecified atom stereocenters. The van der Waals surface area contributed by atoms with Crippen LogP contribution in [0.5, 0.6) is 5.75 Å². The van der Waals surface area contributed by atoms with E-state index < -0.39 is 4.92 Å². The minimum Gasteiger partial charge on any atom is -0.491 e. The number of pyridine rings is 1. The SMILES string of the molecule is O=C(Cc1ccc([N+](=O)[O-])cc1)N1CCOc2ccc(-c3cccnc3)cc2C1. The van der Waals surface area contributed by atoms with Crippen molar-refractivity contribution < 1.29 is 14.5 Å². The Hall–Kier alpha value is -3.74. The molecular formula is C22H19N3O4. The average molecular weight is 389 g/mol. The number of carbonyl (C=O) groups is 1. The highest BCUT2D eigenvalue weighted by atomic mass is 16.6. The molecule has 29 heavy (non-hydrogen) atoms. The van der Waals surface area contributed by atoms with E-state index in [1.54, 1.807) is 29.4 Å². The third kappa shape index (κ3) is 4.24. The van der Waals surface area contributed by atoms with E-state index in [1.807, 2.05) is 30.3 Å². The highest BCUT2D eigenvalue weighted by Gasteiger charge is 2.21. The van der Waals surface area contributed by atoms with Crippen LogP contribution in [-0.4, -0.2) is 33.9 Å². The maximum atomic E-state index is 12.8. The molecule has 2 aromatic carbocycles. The lowest BCUT2D eigenvalue weighted by Gasteiger charge is -2.20. The van der Waals surface area contributed by atoms with Crippen LogP contribution in [0.4, 0.5) is 5.69 Å². The van der Waals surface area contributed by atoms with Crippen LogP contribution in [0, 0.1) is 10.1 Å². The molecule has 7 heteroatoms. The van der Waals surface area contributed by atoms with Crippen molar-refractivity contribution >= 4 is 11.6 Å². The number of nitro groups is 1. The summed E-state index contributed by atoms with van der Waals surface area (Å²) in [6, 6.07) is 15.9. The second kappa shape index (κ2) is 8.10. The molecular weight excluding hydrogens is 370 g/mol. The van der Waals surface area contributed by atoms with Crippen molar-refractivity contribution in [2.75, 3.05) is 13.2 Å². The summed E-state index contributed by atoms with van der Waals surface area (Å²) >= 11 is 0. The Balaban J connectivity index is 1.51. The second-order valence-corrected chi connectivity index (χ2v) is 6.83. The van der Waals surface area contributed by atoms with Crippen LogP contribution in [0.3, 0.4) is 0 Å². The van der Waals surface area contributed by atoms with Gasteiger partial charge in [0.1, 0.15) is 12.4 Å². The van der Waals surface area contributed by atoms with Gasteiger partial charge >= 0.3 is 0 Å². The first kappa shape index (κ1) is 18.6. The molecule has 7 nitrogen and oxygen atoms in total. The molecule has 0 bridgehead atoms. The number of nitrogens with zero attached hydrogens (tertiary/aromatic N) is 3. The first-order valence-corrected chi connectivity index (χ1v) is 9.27. The summed E-state index contributed by atoms with van der Waals surface area (Å²) in [5.41, 5.74) is 3.73. The highest BCUT2D eigenvalue weighted by Crippen LogP contribution is 2.29. The van der Waals surface area contributed by atoms with Crippen LogP contribution >= 0.6 is 0 Å². The first-order chi connectivity index (χ1) is 14.1. The Bertz CT molecular complexity index is 1040. The molecule has 0 saturated carbocycles. The number of hydrogen-bond acceptors (Lipinski definition) is 5. The summed E-state index contributed by atoms with van der Waals surface area (Å²) in [6.07, 6.45) is 3.72. The molecule has 0 aliphatic carbocycles. The van der Waals surface area contributed by atoms with E-state index in [4.69, 9.17) is 4.74 Å². The number of nitro benzene ring substituents is 1. The Morgan fingerprint density at radius 2 is 1.97 bits per heavy atom. The maximum Gasteiger partial charge on any atom is 0.269 e. The van der Waals surface area contributed by atoms with Gasteiger partial charge in [0.15, 0.2) is 0 Å². The molecule has 0 radical (unpaired) electrons. The number of non-ortho nitro benzene ring substituents is 1. The van der Waals surface area contributed by atoms with Crippen molar-refractivity contribution in [3.8, 4) is 16.9 Å². The molecule has 0 saturated heterocycles. The number of aromatic nitrogens is 1. The van der Waals surface area contributed by atoms with Crippen molar-refractivity contribution in [1.29, 1.82) is 0 Å². The van der Waals surface area contributed by atoms with Crippen molar-refractivity contribution in [2.45, 2.75) is 13.0 Å². The lowest BCUT2D eigenvalue weighted by Crippen LogP contribution is -2.33. The summed E-state index contributed by atoms with van der Waals surface area (Å²) < 4.78 is 5.83. The highest BCUT2D eigenvalue weighted by molar-refractivity contribution is 5.79. The van der Waals surface area contributed by atoms with Gasteiger partial charge in [-0.2, -0.15) is 0 Å². The Morgan fingerprint density at radius 1 is 1.14 bits per heavy atom. The molecule has 0 N–H and O–H groups in total. The predicted octanol–water partition coefficient (Wildman–Crippen LogP) is 3.62. The largest absolute Gasteiger partial charge is 0.491 e. The minimum atomic E-state index is -0.450. The van der Waals surface area contributed by atoms with Gasteiger partial charge in [0.25, 0.3) is 5.69 Å². The molecule has 1 aromatic heterocycles. The van der Waals surface area contributed by atoms with Gasteiger partial charge in [-0.3, -0.25) is 19.9 Å². The van der Waals surface area contributed by atoms with Crippen molar-refractivity contribution in [2.24, 2.45) is 0 Å². The summed E-state index contributed by atoms with van der Waals surface area (Å²) in [7, 11) is 0. The standard InChI is InChI=1S/C22H19N3O4/c26-22(12-16-3-6-20(7-4-16)25(27)28)24-10-11-29-21-8-5-17(13-19(21)15-24)18-2-1-9-23-14-18/h1-9,13-14H,10-12,15H2. The van der Waals surface area contributed by atoms with Crippen molar-refractivity contribution in [3.63, 3.8) is 0 Å². The molecule has 0 fully saturated rings. The van der Waals surface area contributed by atoms with Gasteiger partial charge in [-0.25, -0.2) is 0 Å². The number of hydrogen-bond donors (Lipinski definition) is 0. The van der Waals surface area contributed by atoms with Crippen LogP contribution in [0.2, 0.25) is 0 Å². The number of fused-ring (bicyclic) bond motifs is 1. The van der Waals surface area contributed by atoms with Gasteiger partial charge in [0.2, 0.25) is 5.91 Å². The van der Waals surface area contributed by atoms with Crippen LogP contribution in [-0.2, 0) is 17.8 Å². The Kier molecular flexibility index (Phi) is 5.20. The summed E-state index contributed by atoms with van der Waals surface area (Å²) in [5.74, 6) is 0.741. The predicted molar refractivity (Wildman–Crippen MR) is 107 cm³/mol. The number of benzene rings is 2. The van der Waals surface area contributed by atoms with E-state index in [9.17, 15) is 14.9 Å². The molecule has 0 atom stereocenters. The molecule has 2 heterocycles. The molecule has 1 amide bonds. The average Bonchev–Trinajstić information content (AvgIpc) is 2.96. The Labute approximate surface area is 167 Å². The fourth-order valence-corrected chi connectivity index (χ4v) is 3.34. The number of ether oxygens (including phenoxy) is 1. The lowest BCUT2D eigenvalue weighted by molar-refractivity contribution is -0.384. The second-order valence-electron chi connectivity index (χ2n) is 6.83. The van der Waals surface area contributed by atoms with Crippen LogP contribution in [0.1, 0.15) is 11.1 Å². The maximum absolute atomic E-state index is 12.8. The fourth-order valence-electron chi connectivity index (χ4n) is 3.34. The van der Waals surface area contributed by atoms with Gasteiger partial charge in [-0.05, 0) is 29.3 Å². The van der Waals surface area contributed by atoms with Crippen LogP contribution < -0.4 is 4.74 Å². The van der Waals surface area contributed by atoms with Crippen LogP contribution in [0.15, 0.2) is 67.0 Å². The number of carbonyl (C=O) groups excluding carboxylic acids is 1. The van der Waals surface area contributed by atoms with E-state index >= 15 is 0 Å². The number of rotatable bonds is 4. The number of amides is 1. The minimum absolute atomic E-state index is 0.0150. The zero-order chi connectivity index (χ0) is 20.2. The van der Waals surface area contributed by atoms with E-state index in [2.05, 4.69) is 4.98 Å². The molecule has 0 spiro atoms. The topological polar surface area (TPSA) is 85.6 Å².